The van der Waals surface area contributed by atoms with E-state index in [0.717, 1.165) is 6.42 Å². The largest absolute Gasteiger partial charge is 1.00 e. The molecule has 0 heterocycles. The minimum Gasteiger partial charge on any atom is -1.00 e. The third-order valence-electron chi connectivity index (χ3n) is 2.48. The molecule has 0 nitrogen and oxygen atoms in total. The van der Waals surface area contributed by atoms with E-state index in [9.17, 15) is 0 Å². The molecule has 1 aromatic carbocycles. The minimum atomic E-state index is 0. The van der Waals surface area contributed by atoms with Gasteiger partial charge < -0.3 is 1.43 Å². The standard InChI is InChI=1S/C12H14.Li.H/c1-8-4-10(3)12-7-9(2)6-11(12)5-8;;/h4-5,7H,6H2,1-3H3;;/q;+1;-1. The summed E-state index contributed by atoms with van der Waals surface area (Å²) in [4.78, 5) is 0. The summed E-state index contributed by atoms with van der Waals surface area (Å²) >= 11 is 0. The van der Waals surface area contributed by atoms with Gasteiger partial charge in [0, 0.05) is 0 Å². The van der Waals surface area contributed by atoms with Crippen molar-refractivity contribution in [1.82, 2.24) is 0 Å². The first-order chi connectivity index (χ1) is 5.66. The van der Waals surface area contributed by atoms with Crippen LogP contribution in [0.1, 0.15) is 30.6 Å². The molecule has 0 saturated heterocycles. The molecule has 0 unspecified atom stereocenters. The maximum absolute atomic E-state index is 2.31. The summed E-state index contributed by atoms with van der Waals surface area (Å²) in [6.45, 7) is 6.57. The Kier molecular flexibility index (Phi) is 3.06. The second-order valence-electron chi connectivity index (χ2n) is 3.82. The van der Waals surface area contributed by atoms with Gasteiger partial charge in [-0.2, -0.15) is 0 Å². The van der Waals surface area contributed by atoms with Crippen molar-refractivity contribution >= 4 is 6.08 Å². The van der Waals surface area contributed by atoms with Gasteiger partial charge in [-0.15, -0.1) is 0 Å². The molecular weight excluding hydrogens is 151 g/mol. The van der Waals surface area contributed by atoms with Crippen molar-refractivity contribution in [2.45, 2.75) is 27.2 Å². The number of fused-ring (bicyclic) bond motifs is 1. The molecule has 0 radical (unpaired) electrons. The Hall–Kier alpha value is -0.443. The molecule has 0 aromatic heterocycles. The van der Waals surface area contributed by atoms with Crippen LogP contribution < -0.4 is 18.9 Å². The molecular formula is C12H15Li. The Labute approximate surface area is 93.7 Å². The zero-order valence-electron chi connectivity index (χ0n) is 9.94. The maximum atomic E-state index is 2.31. The van der Waals surface area contributed by atoms with Crippen molar-refractivity contribution in [1.29, 1.82) is 0 Å². The molecule has 0 spiro atoms. The Bertz CT molecular complexity index is 367. The van der Waals surface area contributed by atoms with Gasteiger partial charge in [0.25, 0.3) is 0 Å². The van der Waals surface area contributed by atoms with E-state index < -0.39 is 0 Å². The van der Waals surface area contributed by atoms with Crippen LogP contribution in [-0.2, 0) is 6.42 Å². The molecule has 0 N–H and O–H groups in total. The number of benzene rings is 1. The Balaban J connectivity index is 0.000000845. The molecule has 0 atom stereocenters. The third-order valence-corrected chi connectivity index (χ3v) is 2.48. The normalized spacial score (nSPS) is 13.3. The van der Waals surface area contributed by atoms with E-state index in [1.165, 1.54) is 27.8 Å². The molecule has 0 bridgehead atoms. The summed E-state index contributed by atoms with van der Waals surface area (Å²) in [6.07, 6.45) is 3.46. The molecule has 64 valence electrons. The van der Waals surface area contributed by atoms with Gasteiger partial charge >= 0.3 is 18.9 Å². The van der Waals surface area contributed by atoms with Gasteiger partial charge in [-0.3, -0.25) is 0 Å². The molecule has 0 aliphatic heterocycles. The molecule has 2 rings (SSSR count). The number of aryl methyl sites for hydroxylation is 2. The second kappa shape index (κ2) is 3.74. The summed E-state index contributed by atoms with van der Waals surface area (Å²) in [6, 6.07) is 4.56. The van der Waals surface area contributed by atoms with Crippen LogP contribution in [0.15, 0.2) is 17.7 Å². The zero-order chi connectivity index (χ0) is 8.72. The first kappa shape index (κ1) is 10.6. The number of hydrogen-bond acceptors (Lipinski definition) is 0. The van der Waals surface area contributed by atoms with E-state index >= 15 is 0 Å². The smallest absolute Gasteiger partial charge is 1.00 e. The van der Waals surface area contributed by atoms with Crippen LogP contribution >= 0.6 is 0 Å². The zero-order valence-corrected chi connectivity index (χ0v) is 8.94. The summed E-state index contributed by atoms with van der Waals surface area (Å²) < 4.78 is 0. The molecule has 0 fully saturated rings. The molecule has 1 heteroatoms. The van der Waals surface area contributed by atoms with Crippen molar-refractivity contribution in [3.8, 4) is 0 Å². The minimum absolute atomic E-state index is 0. The van der Waals surface area contributed by atoms with Crippen LogP contribution in [0.2, 0.25) is 0 Å². The van der Waals surface area contributed by atoms with Crippen molar-refractivity contribution in [2.75, 3.05) is 0 Å². The van der Waals surface area contributed by atoms with Crippen LogP contribution in [0.3, 0.4) is 0 Å². The molecule has 0 saturated carbocycles. The van der Waals surface area contributed by atoms with Gasteiger partial charge in [-0.1, -0.05) is 29.3 Å². The van der Waals surface area contributed by atoms with Gasteiger partial charge in [0.05, 0.1) is 0 Å². The second-order valence-corrected chi connectivity index (χ2v) is 3.82. The third kappa shape index (κ3) is 1.90. The van der Waals surface area contributed by atoms with Crippen LogP contribution in [-0.4, -0.2) is 0 Å². The van der Waals surface area contributed by atoms with E-state index in [-0.39, 0.29) is 20.3 Å². The summed E-state index contributed by atoms with van der Waals surface area (Å²) in [5, 5.41) is 0. The van der Waals surface area contributed by atoms with Crippen LogP contribution in [0.4, 0.5) is 0 Å². The predicted octanol–water partition coefficient (Wildman–Crippen LogP) is 0.379. The number of rotatable bonds is 0. The molecule has 13 heavy (non-hydrogen) atoms. The number of hydrogen-bond donors (Lipinski definition) is 0. The van der Waals surface area contributed by atoms with Crippen molar-refractivity contribution in [2.24, 2.45) is 0 Å². The predicted molar refractivity (Wildman–Crippen MR) is 54.4 cm³/mol. The van der Waals surface area contributed by atoms with Gasteiger partial charge in [-0.25, -0.2) is 0 Å². The van der Waals surface area contributed by atoms with Crippen molar-refractivity contribution < 1.29 is 20.3 Å². The van der Waals surface area contributed by atoms with Gasteiger partial charge in [0.1, 0.15) is 0 Å². The molecule has 1 aliphatic rings. The Morgan fingerprint density at radius 2 is 1.85 bits per heavy atom. The quantitative estimate of drug-likeness (QED) is 0.489. The van der Waals surface area contributed by atoms with E-state index in [1.807, 2.05) is 0 Å². The van der Waals surface area contributed by atoms with Gasteiger partial charge in [0.2, 0.25) is 0 Å². The number of allylic oxidation sites excluding steroid dienone is 1. The van der Waals surface area contributed by atoms with Crippen molar-refractivity contribution in [3.05, 3.63) is 40.0 Å². The van der Waals surface area contributed by atoms with Crippen LogP contribution in [0, 0.1) is 13.8 Å². The Morgan fingerprint density at radius 3 is 2.54 bits per heavy atom. The van der Waals surface area contributed by atoms with Crippen molar-refractivity contribution in [3.63, 3.8) is 0 Å². The fourth-order valence-electron chi connectivity index (χ4n) is 2.02. The summed E-state index contributed by atoms with van der Waals surface area (Å²) in [7, 11) is 0. The summed E-state index contributed by atoms with van der Waals surface area (Å²) in [5.74, 6) is 0. The van der Waals surface area contributed by atoms with Crippen LogP contribution in [0.5, 0.6) is 0 Å². The molecule has 1 aromatic rings. The average molecular weight is 166 g/mol. The molecule has 1 aliphatic carbocycles. The molecule has 0 amide bonds. The maximum Gasteiger partial charge on any atom is 1.00 e. The SMILES string of the molecule is CC1=Cc2c(C)cc(C)cc2C1.[H-].[Li+]. The van der Waals surface area contributed by atoms with E-state index in [0.29, 0.717) is 0 Å². The van der Waals surface area contributed by atoms with Crippen LogP contribution in [0.25, 0.3) is 6.08 Å². The average Bonchev–Trinajstić information content (AvgIpc) is 2.29. The van der Waals surface area contributed by atoms with Gasteiger partial charge in [0.15, 0.2) is 0 Å². The fourth-order valence-corrected chi connectivity index (χ4v) is 2.02. The Morgan fingerprint density at radius 1 is 1.15 bits per heavy atom. The van der Waals surface area contributed by atoms with Gasteiger partial charge in [-0.05, 0) is 43.9 Å². The van der Waals surface area contributed by atoms with E-state index in [1.54, 1.807) is 0 Å². The summed E-state index contributed by atoms with van der Waals surface area (Å²) in [5.41, 5.74) is 7.25. The topological polar surface area (TPSA) is 0 Å². The van der Waals surface area contributed by atoms with E-state index in [2.05, 4.69) is 39.0 Å². The first-order valence-corrected chi connectivity index (χ1v) is 4.44. The van der Waals surface area contributed by atoms with E-state index in [4.69, 9.17) is 0 Å². The fraction of sp³-hybridized carbons (Fsp3) is 0.333. The first-order valence-electron chi connectivity index (χ1n) is 4.44. The monoisotopic (exact) mass is 166 g/mol.